The number of sulfone groups is 1. The van der Waals surface area contributed by atoms with Crippen LogP contribution in [0.3, 0.4) is 0 Å². The molecule has 1 N–H and O–H groups in total. The molecule has 1 atom stereocenters. The van der Waals surface area contributed by atoms with E-state index in [0.29, 0.717) is 30.2 Å². The van der Waals surface area contributed by atoms with Crippen LogP contribution in [0.4, 0.5) is 5.69 Å². The second-order valence-electron chi connectivity index (χ2n) is 6.32. The Labute approximate surface area is 152 Å². The molecule has 0 radical (unpaired) electrons. The lowest BCUT2D eigenvalue weighted by molar-refractivity contribution is -0.118. The van der Waals surface area contributed by atoms with E-state index < -0.39 is 9.84 Å². The highest BCUT2D eigenvalue weighted by molar-refractivity contribution is 7.91. The van der Waals surface area contributed by atoms with E-state index in [1.165, 1.54) is 0 Å². The lowest BCUT2D eigenvalue weighted by Gasteiger charge is -2.26. The molecule has 2 heterocycles. The highest BCUT2D eigenvalue weighted by Gasteiger charge is 2.33. The Bertz CT molecular complexity index is 831. The number of ether oxygens (including phenoxy) is 1. The van der Waals surface area contributed by atoms with Crippen LogP contribution in [0.1, 0.15) is 12.2 Å². The summed E-state index contributed by atoms with van der Waals surface area (Å²) in [6.45, 7) is 0.482. The van der Waals surface area contributed by atoms with Crippen molar-refractivity contribution in [3.8, 4) is 5.75 Å². The molecule has 1 aromatic carbocycles. The van der Waals surface area contributed by atoms with Crippen LogP contribution in [0.25, 0.3) is 0 Å². The molecule has 8 heteroatoms. The molecular formula is C18H22N2O5S. The number of furan rings is 1. The summed E-state index contributed by atoms with van der Waals surface area (Å²) in [5.74, 6) is 1.44. The van der Waals surface area contributed by atoms with Crippen LogP contribution in [0.5, 0.6) is 5.75 Å². The fourth-order valence-electron chi connectivity index (χ4n) is 3.04. The van der Waals surface area contributed by atoms with Gasteiger partial charge in [-0.1, -0.05) is 0 Å². The van der Waals surface area contributed by atoms with E-state index >= 15 is 0 Å². The van der Waals surface area contributed by atoms with Gasteiger partial charge in [-0.15, -0.1) is 0 Å². The van der Waals surface area contributed by atoms with Crippen LogP contribution in [0.15, 0.2) is 47.1 Å². The van der Waals surface area contributed by atoms with Crippen LogP contribution in [-0.2, 0) is 21.2 Å². The molecular weight excluding hydrogens is 356 g/mol. The lowest BCUT2D eigenvalue weighted by atomic mass is 10.2. The number of benzene rings is 1. The lowest BCUT2D eigenvalue weighted by Crippen LogP contribution is -2.41. The van der Waals surface area contributed by atoms with Crippen LogP contribution >= 0.6 is 0 Å². The number of nitrogens with one attached hydrogen (secondary N) is 1. The van der Waals surface area contributed by atoms with Gasteiger partial charge >= 0.3 is 0 Å². The molecule has 1 aromatic heterocycles. The molecule has 1 aliphatic rings. The largest absolute Gasteiger partial charge is 0.497 e. The predicted octanol–water partition coefficient (Wildman–Crippen LogP) is 1.92. The van der Waals surface area contributed by atoms with E-state index in [1.54, 1.807) is 43.7 Å². The monoisotopic (exact) mass is 378 g/mol. The van der Waals surface area contributed by atoms with Crippen molar-refractivity contribution < 1.29 is 22.4 Å². The van der Waals surface area contributed by atoms with Crippen molar-refractivity contribution in [1.82, 2.24) is 4.90 Å². The number of amides is 1. The van der Waals surface area contributed by atoms with Gasteiger partial charge < -0.3 is 14.5 Å². The van der Waals surface area contributed by atoms with Gasteiger partial charge in [-0.25, -0.2) is 8.42 Å². The first-order chi connectivity index (χ1) is 12.4. The topological polar surface area (TPSA) is 88.8 Å². The molecule has 0 aliphatic carbocycles. The van der Waals surface area contributed by atoms with Crippen LogP contribution in [0, 0.1) is 0 Å². The van der Waals surface area contributed by atoms with Crippen molar-refractivity contribution in [2.45, 2.75) is 19.0 Å². The second kappa shape index (κ2) is 7.92. The van der Waals surface area contributed by atoms with Gasteiger partial charge in [0.1, 0.15) is 11.5 Å². The summed E-state index contributed by atoms with van der Waals surface area (Å²) >= 11 is 0. The first-order valence-electron chi connectivity index (χ1n) is 8.36. The highest BCUT2D eigenvalue weighted by atomic mass is 32.2. The zero-order chi connectivity index (χ0) is 18.6. The summed E-state index contributed by atoms with van der Waals surface area (Å²) in [4.78, 5) is 14.3. The third-order valence-corrected chi connectivity index (χ3v) is 6.13. The minimum atomic E-state index is -3.04. The summed E-state index contributed by atoms with van der Waals surface area (Å²) in [6.07, 6.45) is 2.09. The SMILES string of the molecule is COc1ccc(NC(=O)CN(Cc2ccco2)[C@@H]2CCS(=O)(=O)C2)cc1. The number of anilines is 1. The third kappa shape index (κ3) is 4.86. The molecule has 2 aromatic rings. The molecule has 140 valence electrons. The molecule has 0 bridgehead atoms. The maximum Gasteiger partial charge on any atom is 0.238 e. The van der Waals surface area contributed by atoms with Gasteiger partial charge in [-0.2, -0.15) is 0 Å². The van der Waals surface area contributed by atoms with Gasteiger partial charge in [0.25, 0.3) is 0 Å². The smallest absolute Gasteiger partial charge is 0.238 e. The quantitative estimate of drug-likeness (QED) is 0.792. The van der Waals surface area contributed by atoms with Crippen molar-refractivity contribution in [1.29, 1.82) is 0 Å². The van der Waals surface area contributed by atoms with E-state index in [0.717, 1.165) is 0 Å². The van der Waals surface area contributed by atoms with Crippen molar-refractivity contribution in [3.63, 3.8) is 0 Å². The number of methoxy groups -OCH3 is 1. The van der Waals surface area contributed by atoms with Crippen molar-refractivity contribution in [2.24, 2.45) is 0 Å². The molecule has 3 rings (SSSR count). The molecule has 7 nitrogen and oxygen atoms in total. The minimum absolute atomic E-state index is 0.0729. The first kappa shape index (κ1) is 18.5. The van der Waals surface area contributed by atoms with Crippen molar-refractivity contribution >= 4 is 21.4 Å². The predicted molar refractivity (Wildman–Crippen MR) is 97.8 cm³/mol. The summed E-state index contributed by atoms with van der Waals surface area (Å²) in [7, 11) is -1.46. The van der Waals surface area contributed by atoms with Crippen molar-refractivity contribution in [2.75, 3.05) is 30.5 Å². The Balaban J connectivity index is 1.66. The molecule has 1 fully saturated rings. The molecule has 1 saturated heterocycles. The van der Waals surface area contributed by atoms with E-state index in [1.807, 2.05) is 11.0 Å². The average molecular weight is 378 g/mol. The van der Waals surface area contributed by atoms with Gasteiger partial charge in [-0.05, 0) is 42.8 Å². The van der Waals surface area contributed by atoms with Crippen LogP contribution in [0.2, 0.25) is 0 Å². The van der Waals surface area contributed by atoms with Gasteiger partial charge in [0.2, 0.25) is 5.91 Å². The maximum atomic E-state index is 12.5. The summed E-state index contributed by atoms with van der Waals surface area (Å²) < 4.78 is 34.1. The van der Waals surface area contributed by atoms with E-state index in [-0.39, 0.29) is 30.0 Å². The zero-order valence-electron chi connectivity index (χ0n) is 14.6. The summed E-state index contributed by atoms with van der Waals surface area (Å²) in [5.41, 5.74) is 0.660. The number of rotatable bonds is 7. The number of nitrogens with zero attached hydrogens (tertiary/aromatic N) is 1. The minimum Gasteiger partial charge on any atom is -0.497 e. The summed E-state index contributed by atoms with van der Waals surface area (Å²) in [5, 5.41) is 2.83. The fourth-order valence-corrected chi connectivity index (χ4v) is 4.80. The number of carbonyl (C=O) groups excluding carboxylic acids is 1. The van der Waals surface area contributed by atoms with Gasteiger partial charge in [-0.3, -0.25) is 9.69 Å². The molecule has 0 saturated carbocycles. The van der Waals surface area contributed by atoms with Gasteiger partial charge in [0.15, 0.2) is 9.84 Å². The van der Waals surface area contributed by atoms with E-state index in [4.69, 9.17) is 9.15 Å². The Morgan fingerprint density at radius 2 is 2.08 bits per heavy atom. The Kier molecular flexibility index (Phi) is 5.63. The second-order valence-corrected chi connectivity index (χ2v) is 8.55. The normalized spacial score (nSPS) is 18.8. The third-order valence-electron chi connectivity index (χ3n) is 4.38. The van der Waals surface area contributed by atoms with E-state index in [2.05, 4.69) is 5.32 Å². The number of carbonyl (C=O) groups is 1. The fraction of sp³-hybridized carbons (Fsp3) is 0.389. The van der Waals surface area contributed by atoms with Gasteiger partial charge in [0, 0.05) is 11.7 Å². The molecule has 0 spiro atoms. The Hall–Kier alpha value is -2.32. The maximum absolute atomic E-state index is 12.5. The van der Waals surface area contributed by atoms with Gasteiger partial charge in [0.05, 0.1) is 38.0 Å². The Morgan fingerprint density at radius 1 is 1.31 bits per heavy atom. The average Bonchev–Trinajstić information content (AvgIpc) is 3.24. The van der Waals surface area contributed by atoms with Crippen molar-refractivity contribution in [3.05, 3.63) is 48.4 Å². The zero-order valence-corrected chi connectivity index (χ0v) is 15.4. The molecule has 1 aliphatic heterocycles. The van der Waals surface area contributed by atoms with E-state index in [9.17, 15) is 13.2 Å². The van der Waals surface area contributed by atoms with Crippen LogP contribution in [-0.4, -0.2) is 50.4 Å². The molecule has 1 amide bonds. The van der Waals surface area contributed by atoms with Crippen LogP contribution < -0.4 is 10.1 Å². The number of hydrogen-bond donors (Lipinski definition) is 1. The molecule has 0 unspecified atom stereocenters. The highest BCUT2D eigenvalue weighted by Crippen LogP contribution is 2.21. The Morgan fingerprint density at radius 3 is 2.65 bits per heavy atom. The number of hydrogen-bond acceptors (Lipinski definition) is 6. The standard InChI is InChI=1S/C18H22N2O5S/c1-24-16-6-4-14(5-7-16)19-18(21)12-20(11-17-3-2-9-25-17)15-8-10-26(22,23)13-15/h2-7,9,15H,8,10-13H2,1H3,(H,19,21)/t15-/m1/s1. The summed E-state index contributed by atoms with van der Waals surface area (Å²) in [6, 6.07) is 10.4. The molecule has 26 heavy (non-hydrogen) atoms. The first-order valence-corrected chi connectivity index (χ1v) is 10.2.